The molecule has 1 fully saturated rings. The minimum atomic E-state index is -0.189. The van der Waals surface area contributed by atoms with Gasteiger partial charge in [-0.05, 0) is 27.2 Å². The zero-order valence-corrected chi connectivity index (χ0v) is 8.86. The zero-order chi connectivity index (χ0) is 9.84. The molecule has 0 aliphatic carbocycles. The van der Waals surface area contributed by atoms with E-state index in [1.807, 2.05) is 6.92 Å². The second-order valence-electron chi connectivity index (χ2n) is 4.13. The molecule has 1 saturated heterocycles. The Morgan fingerprint density at radius 3 is 2.85 bits per heavy atom. The van der Waals surface area contributed by atoms with Crippen LogP contribution in [0.5, 0.6) is 0 Å². The van der Waals surface area contributed by atoms with Gasteiger partial charge < -0.3 is 9.84 Å². The molecule has 1 aliphatic rings. The minimum Gasteiger partial charge on any atom is -0.393 e. The monoisotopic (exact) mass is 187 g/mol. The van der Waals surface area contributed by atoms with Crippen molar-refractivity contribution in [1.82, 2.24) is 4.90 Å². The Labute approximate surface area is 80.7 Å². The van der Waals surface area contributed by atoms with Gasteiger partial charge in [0.25, 0.3) is 0 Å². The third-order valence-electron chi connectivity index (χ3n) is 2.57. The van der Waals surface area contributed by atoms with Crippen LogP contribution >= 0.6 is 0 Å². The average Bonchev–Trinajstić information content (AvgIpc) is 2.06. The Balaban J connectivity index is 2.29. The third-order valence-corrected chi connectivity index (χ3v) is 2.57. The second-order valence-corrected chi connectivity index (χ2v) is 4.13. The molecule has 3 atom stereocenters. The summed E-state index contributed by atoms with van der Waals surface area (Å²) in [6.07, 6.45) is 1.01. The highest BCUT2D eigenvalue weighted by Gasteiger charge is 2.22. The van der Waals surface area contributed by atoms with Crippen molar-refractivity contribution in [1.29, 1.82) is 0 Å². The minimum absolute atomic E-state index is 0.189. The molecule has 0 aromatic carbocycles. The zero-order valence-electron chi connectivity index (χ0n) is 8.86. The van der Waals surface area contributed by atoms with Crippen LogP contribution < -0.4 is 0 Å². The third kappa shape index (κ3) is 3.63. The maximum Gasteiger partial charge on any atom is 0.0674 e. The lowest BCUT2D eigenvalue weighted by molar-refractivity contribution is -0.0522. The molecule has 1 N–H and O–H groups in total. The first-order valence-electron chi connectivity index (χ1n) is 5.13. The van der Waals surface area contributed by atoms with Gasteiger partial charge in [-0.25, -0.2) is 0 Å². The molecule has 3 nitrogen and oxygen atoms in total. The van der Waals surface area contributed by atoms with Crippen LogP contribution in [0.4, 0.5) is 0 Å². The molecule has 0 aromatic rings. The molecule has 1 rings (SSSR count). The molecule has 0 spiro atoms. The fraction of sp³-hybridized carbons (Fsp3) is 1.00. The average molecular weight is 187 g/mol. The van der Waals surface area contributed by atoms with Crippen LogP contribution in [0.2, 0.25) is 0 Å². The van der Waals surface area contributed by atoms with Gasteiger partial charge in [0.2, 0.25) is 0 Å². The van der Waals surface area contributed by atoms with E-state index in [1.165, 1.54) is 0 Å². The van der Waals surface area contributed by atoms with Gasteiger partial charge in [0, 0.05) is 19.1 Å². The number of aliphatic hydroxyl groups excluding tert-OH is 1. The van der Waals surface area contributed by atoms with Crippen LogP contribution in [0, 0.1) is 0 Å². The van der Waals surface area contributed by atoms with E-state index in [-0.39, 0.29) is 6.10 Å². The van der Waals surface area contributed by atoms with Crippen LogP contribution in [-0.2, 0) is 4.74 Å². The largest absolute Gasteiger partial charge is 0.393 e. The standard InChI is InChI=1S/C10H21NO2/c1-8-7-13-10(3)6-11(8)5-4-9(2)12/h8-10,12H,4-7H2,1-3H3. The predicted molar refractivity (Wildman–Crippen MR) is 52.7 cm³/mol. The number of aliphatic hydroxyl groups is 1. The van der Waals surface area contributed by atoms with Crippen molar-refractivity contribution in [3.63, 3.8) is 0 Å². The maximum absolute atomic E-state index is 9.18. The van der Waals surface area contributed by atoms with E-state index in [4.69, 9.17) is 4.74 Å². The van der Waals surface area contributed by atoms with E-state index >= 15 is 0 Å². The lowest BCUT2D eigenvalue weighted by atomic mass is 10.2. The highest BCUT2D eigenvalue weighted by Crippen LogP contribution is 2.11. The van der Waals surface area contributed by atoms with E-state index in [9.17, 15) is 5.11 Å². The molecular formula is C10H21NO2. The Morgan fingerprint density at radius 1 is 1.54 bits per heavy atom. The van der Waals surface area contributed by atoms with Crippen LogP contribution in [0.1, 0.15) is 27.2 Å². The quantitative estimate of drug-likeness (QED) is 0.711. The number of hydrogen-bond donors (Lipinski definition) is 1. The summed E-state index contributed by atoms with van der Waals surface area (Å²) < 4.78 is 5.52. The topological polar surface area (TPSA) is 32.7 Å². The van der Waals surface area contributed by atoms with Crippen LogP contribution in [0.3, 0.4) is 0 Å². The molecule has 0 radical (unpaired) electrons. The summed E-state index contributed by atoms with van der Waals surface area (Å²) in [6.45, 7) is 8.91. The predicted octanol–water partition coefficient (Wildman–Crippen LogP) is 0.866. The van der Waals surface area contributed by atoms with Crippen molar-refractivity contribution >= 4 is 0 Å². The fourth-order valence-corrected chi connectivity index (χ4v) is 1.64. The first kappa shape index (κ1) is 11.0. The van der Waals surface area contributed by atoms with E-state index in [1.54, 1.807) is 0 Å². The van der Waals surface area contributed by atoms with Gasteiger partial charge in [-0.1, -0.05) is 0 Å². The summed E-state index contributed by atoms with van der Waals surface area (Å²) >= 11 is 0. The van der Waals surface area contributed by atoms with Crippen molar-refractivity contribution < 1.29 is 9.84 Å². The summed E-state index contributed by atoms with van der Waals surface area (Å²) in [6, 6.07) is 0.495. The van der Waals surface area contributed by atoms with Gasteiger partial charge in [0.1, 0.15) is 0 Å². The second kappa shape index (κ2) is 4.94. The Bertz CT molecular complexity index is 150. The number of nitrogens with zero attached hydrogens (tertiary/aromatic N) is 1. The highest BCUT2D eigenvalue weighted by atomic mass is 16.5. The van der Waals surface area contributed by atoms with Gasteiger partial charge in [-0.2, -0.15) is 0 Å². The number of ether oxygens (including phenoxy) is 1. The molecule has 3 heteroatoms. The molecule has 0 amide bonds. The van der Waals surface area contributed by atoms with Gasteiger partial charge in [0.15, 0.2) is 0 Å². The lowest BCUT2D eigenvalue weighted by Crippen LogP contribution is -2.47. The van der Waals surface area contributed by atoms with Crippen LogP contribution in [0.15, 0.2) is 0 Å². The molecule has 3 unspecified atom stereocenters. The summed E-state index contributed by atoms with van der Waals surface area (Å²) in [5.41, 5.74) is 0. The van der Waals surface area contributed by atoms with E-state index in [2.05, 4.69) is 18.7 Å². The van der Waals surface area contributed by atoms with Crippen LogP contribution in [-0.4, -0.2) is 48.0 Å². The number of hydrogen-bond acceptors (Lipinski definition) is 3. The summed E-state index contributed by atoms with van der Waals surface area (Å²) in [7, 11) is 0. The summed E-state index contributed by atoms with van der Waals surface area (Å²) in [4.78, 5) is 2.39. The first-order chi connectivity index (χ1) is 6.09. The SMILES string of the molecule is CC(O)CCN1CC(C)OCC1C. The number of rotatable bonds is 3. The smallest absolute Gasteiger partial charge is 0.0674 e. The molecule has 13 heavy (non-hydrogen) atoms. The number of morpholine rings is 1. The molecule has 1 heterocycles. The molecule has 0 aromatic heterocycles. The molecule has 0 saturated carbocycles. The van der Waals surface area contributed by atoms with E-state index in [0.717, 1.165) is 26.1 Å². The Hall–Kier alpha value is -0.120. The first-order valence-corrected chi connectivity index (χ1v) is 5.13. The normalized spacial score (nSPS) is 33.2. The lowest BCUT2D eigenvalue weighted by Gasteiger charge is -2.36. The van der Waals surface area contributed by atoms with Gasteiger partial charge >= 0.3 is 0 Å². The Kier molecular flexibility index (Phi) is 4.16. The molecular weight excluding hydrogens is 166 g/mol. The van der Waals surface area contributed by atoms with Crippen molar-refractivity contribution in [2.24, 2.45) is 0 Å². The Morgan fingerprint density at radius 2 is 2.23 bits per heavy atom. The molecule has 0 bridgehead atoms. The van der Waals surface area contributed by atoms with E-state index in [0.29, 0.717) is 12.1 Å². The molecule has 1 aliphatic heterocycles. The van der Waals surface area contributed by atoms with Crippen molar-refractivity contribution in [2.45, 2.75) is 45.4 Å². The van der Waals surface area contributed by atoms with Crippen molar-refractivity contribution in [3.05, 3.63) is 0 Å². The van der Waals surface area contributed by atoms with Gasteiger partial charge in [-0.15, -0.1) is 0 Å². The van der Waals surface area contributed by atoms with Crippen molar-refractivity contribution in [2.75, 3.05) is 19.7 Å². The van der Waals surface area contributed by atoms with Gasteiger partial charge in [0.05, 0.1) is 18.8 Å². The molecule has 78 valence electrons. The summed E-state index contributed by atoms with van der Waals surface area (Å²) in [5.74, 6) is 0. The van der Waals surface area contributed by atoms with Crippen molar-refractivity contribution in [3.8, 4) is 0 Å². The van der Waals surface area contributed by atoms with E-state index < -0.39 is 0 Å². The van der Waals surface area contributed by atoms with Crippen LogP contribution in [0.25, 0.3) is 0 Å². The fourth-order valence-electron chi connectivity index (χ4n) is 1.64. The van der Waals surface area contributed by atoms with Gasteiger partial charge in [-0.3, -0.25) is 4.90 Å². The highest BCUT2D eigenvalue weighted by molar-refractivity contribution is 4.75. The maximum atomic E-state index is 9.18. The summed E-state index contributed by atoms with van der Waals surface area (Å²) in [5, 5.41) is 9.18.